The smallest absolute Gasteiger partial charge is 0.253 e. The number of fused-ring (bicyclic) bond motifs is 1. The van der Waals surface area contributed by atoms with Crippen LogP contribution in [0.15, 0.2) is 72.8 Å². The summed E-state index contributed by atoms with van der Waals surface area (Å²) in [6, 6.07) is 22.2. The third-order valence-corrected chi connectivity index (χ3v) is 5.54. The lowest BCUT2D eigenvalue weighted by Gasteiger charge is -2.11. The average Bonchev–Trinajstić information content (AvgIpc) is 3.15. The number of hydrogen-bond acceptors (Lipinski definition) is 3. The van der Waals surface area contributed by atoms with Gasteiger partial charge in [-0.2, -0.15) is 0 Å². The molecule has 2 N–H and O–H groups in total. The van der Waals surface area contributed by atoms with Gasteiger partial charge in [0.15, 0.2) is 0 Å². The Kier molecular flexibility index (Phi) is 6.52. The van der Waals surface area contributed by atoms with Crippen molar-refractivity contribution >= 4 is 40.1 Å². The number of carbonyl (C=O) groups is 2. The minimum absolute atomic E-state index is 0.0767. The van der Waals surface area contributed by atoms with Crippen molar-refractivity contribution in [3.8, 4) is 0 Å². The first kappa shape index (κ1) is 21.6. The summed E-state index contributed by atoms with van der Waals surface area (Å²) >= 11 is 6.13. The van der Waals surface area contributed by atoms with Crippen LogP contribution in [0, 0.1) is 0 Å². The van der Waals surface area contributed by atoms with Crippen molar-refractivity contribution in [2.75, 3.05) is 5.32 Å². The Morgan fingerprint density at radius 1 is 0.969 bits per heavy atom. The molecule has 7 heteroatoms. The van der Waals surface area contributed by atoms with Gasteiger partial charge in [-0.15, -0.1) is 0 Å². The van der Waals surface area contributed by atoms with Crippen LogP contribution in [0.25, 0.3) is 11.0 Å². The van der Waals surface area contributed by atoms with E-state index in [0.29, 0.717) is 16.4 Å². The highest BCUT2D eigenvalue weighted by molar-refractivity contribution is 6.33. The molecule has 4 aromatic rings. The Morgan fingerprint density at radius 2 is 1.69 bits per heavy atom. The van der Waals surface area contributed by atoms with Gasteiger partial charge < -0.3 is 15.2 Å². The van der Waals surface area contributed by atoms with Gasteiger partial charge in [0.25, 0.3) is 5.91 Å². The number of rotatable bonds is 7. The Balaban J connectivity index is 1.52. The van der Waals surface area contributed by atoms with Gasteiger partial charge in [0, 0.05) is 5.69 Å². The topological polar surface area (TPSA) is 76.0 Å². The molecule has 0 aliphatic carbocycles. The molecule has 0 unspecified atom stereocenters. The van der Waals surface area contributed by atoms with Crippen molar-refractivity contribution < 1.29 is 9.59 Å². The van der Waals surface area contributed by atoms with Crippen LogP contribution >= 0.6 is 11.6 Å². The summed E-state index contributed by atoms with van der Waals surface area (Å²) in [6.45, 7) is 2.33. The summed E-state index contributed by atoms with van der Waals surface area (Å²) in [6.07, 6.45) is 0.943. The third kappa shape index (κ3) is 4.81. The Hall–Kier alpha value is -3.64. The maximum Gasteiger partial charge on any atom is 0.253 e. The molecular weight excluding hydrogens is 424 g/mol. The van der Waals surface area contributed by atoms with Gasteiger partial charge in [0.05, 0.1) is 28.2 Å². The van der Waals surface area contributed by atoms with Crippen LogP contribution < -0.4 is 10.6 Å². The lowest BCUT2D eigenvalue weighted by atomic mass is 10.1. The molecule has 0 radical (unpaired) electrons. The van der Waals surface area contributed by atoms with E-state index in [4.69, 9.17) is 11.6 Å². The van der Waals surface area contributed by atoms with Crippen molar-refractivity contribution in [3.05, 3.63) is 94.8 Å². The lowest BCUT2D eigenvalue weighted by molar-refractivity contribution is -0.116. The summed E-state index contributed by atoms with van der Waals surface area (Å²) < 4.78 is 1.82. The van der Waals surface area contributed by atoms with Crippen molar-refractivity contribution in [2.24, 2.45) is 0 Å². The zero-order valence-electron chi connectivity index (χ0n) is 17.6. The summed E-state index contributed by atoms with van der Waals surface area (Å²) in [7, 11) is 0. The molecule has 32 heavy (non-hydrogen) atoms. The number of nitrogens with zero attached hydrogens (tertiary/aromatic N) is 2. The molecule has 3 aromatic carbocycles. The molecule has 0 spiro atoms. The average molecular weight is 447 g/mol. The molecule has 0 saturated heterocycles. The molecular formula is C25H23ClN4O2. The number of halogens is 1. The first-order valence-corrected chi connectivity index (χ1v) is 10.8. The molecule has 0 fully saturated rings. The summed E-state index contributed by atoms with van der Waals surface area (Å²) in [5, 5.41) is 6.17. The van der Waals surface area contributed by atoms with Crippen LogP contribution in [0.4, 0.5) is 5.69 Å². The number of aryl methyl sites for hydroxylation is 1. The van der Waals surface area contributed by atoms with Crippen molar-refractivity contribution in [1.29, 1.82) is 0 Å². The number of aromatic nitrogens is 2. The number of benzene rings is 3. The molecule has 162 valence electrons. The second-order valence-electron chi connectivity index (χ2n) is 7.36. The largest absolute Gasteiger partial charge is 0.345 e. The maximum atomic E-state index is 12.8. The van der Waals surface area contributed by atoms with Gasteiger partial charge in [-0.3, -0.25) is 9.59 Å². The van der Waals surface area contributed by atoms with Gasteiger partial charge in [0.2, 0.25) is 5.91 Å². The number of anilines is 1. The number of hydrogen-bond donors (Lipinski definition) is 2. The molecule has 4 rings (SSSR count). The predicted octanol–water partition coefficient (Wildman–Crippen LogP) is 4.82. The molecule has 0 aliphatic rings. The van der Waals surface area contributed by atoms with Crippen LogP contribution in [-0.2, 0) is 24.3 Å². The molecule has 0 bridgehead atoms. The Bertz CT molecular complexity index is 1260. The Labute approximate surface area is 191 Å². The predicted molar refractivity (Wildman–Crippen MR) is 127 cm³/mol. The molecule has 1 heterocycles. The van der Waals surface area contributed by atoms with Crippen LogP contribution in [-0.4, -0.2) is 21.4 Å². The second kappa shape index (κ2) is 9.66. The molecule has 0 saturated carbocycles. The first-order chi connectivity index (χ1) is 15.5. The minimum atomic E-state index is -0.297. The highest BCUT2D eigenvalue weighted by Crippen LogP contribution is 2.18. The number of carbonyl (C=O) groups excluding carboxylic acids is 2. The number of imidazole rings is 1. The van der Waals surface area contributed by atoms with Crippen molar-refractivity contribution in [3.63, 3.8) is 0 Å². The summed E-state index contributed by atoms with van der Waals surface area (Å²) in [5.41, 5.74) is 3.93. The van der Waals surface area contributed by atoms with Gasteiger partial charge in [-0.1, -0.05) is 54.9 Å². The van der Waals surface area contributed by atoms with Gasteiger partial charge in [-0.25, -0.2) is 4.98 Å². The van der Waals surface area contributed by atoms with Crippen LogP contribution in [0.5, 0.6) is 0 Å². The maximum absolute atomic E-state index is 12.8. The van der Waals surface area contributed by atoms with Crippen molar-refractivity contribution in [1.82, 2.24) is 14.9 Å². The second-order valence-corrected chi connectivity index (χ2v) is 7.77. The van der Waals surface area contributed by atoms with Gasteiger partial charge >= 0.3 is 0 Å². The fourth-order valence-electron chi connectivity index (χ4n) is 3.50. The zero-order chi connectivity index (χ0) is 22.5. The van der Waals surface area contributed by atoms with E-state index in [1.54, 1.807) is 24.3 Å². The highest BCUT2D eigenvalue weighted by atomic mass is 35.5. The van der Waals surface area contributed by atoms with Gasteiger partial charge in [-0.05, 0) is 48.4 Å². The molecule has 0 atom stereocenters. The fraction of sp³-hybridized carbons (Fsp3) is 0.160. The van der Waals surface area contributed by atoms with Crippen LogP contribution in [0.3, 0.4) is 0 Å². The van der Waals surface area contributed by atoms with E-state index in [1.165, 1.54) is 5.56 Å². The highest BCUT2D eigenvalue weighted by Gasteiger charge is 2.16. The van der Waals surface area contributed by atoms with Crippen LogP contribution in [0.2, 0.25) is 5.02 Å². The molecule has 1 aromatic heterocycles. The standard InChI is InChI=1S/C25H23ClN4O2/c1-2-17-11-13-18(14-12-17)28-24(31)16-30-22-10-6-5-9-21(22)29-23(30)15-27-25(32)19-7-3-4-8-20(19)26/h3-14H,2,15-16H2,1H3,(H,27,32)(H,28,31). The number of amides is 2. The molecule has 2 amide bonds. The summed E-state index contributed by atoms with van der Waals surface area (Å²) in [4.78, 5) is 30.0. The van der Waals surface area contributed by atoms with E-state index in [1.807, 2.05) is 53.1 Å². The molecule has 6 nitrogen and oxygen atoms in total. The van der Waals surface area contributed by atoms with E-state index in [2.05, 4.69) is 22.5 Å². The van der Waals surface area contributed by atoms with E-state index in [9.17, 15) is 9.59 Å². The van der Waals surface area contributed by atoms with E-state index in [-0.39, 0.29) is 24.9 Å². The van der Waals surface area contributed by atoms with Crippen LogP contribution in [0.1, 0.15) is 28.7 Å². The normalized spacial score (nSPS) is 10.8. The fourth-order valence-corrected chi connectivity index (χ4v) is 3.73. The van der Waals surface area contributed by atoms with Crippen molar-refractivity contribution in [2.45, 2.75) is 26.4 Å². The van der Waals surface area contributed by atoms with Gasteiger partial charge in [0.1, 0.15) is 12.4 Å². The molecule has 0 aliphatic heterocycles. The Morgan fingerprint density at radius 3 is 2.44 bits per heavy atom. The third-order valence-electron chi connectivity index (χ3n) is 5.21. The monoisotopic (exact) mass is 446 g/mol. The van der Waals surface area contributed by atoms with E-state index < -0.39 is 0 Å². The van der Waals surface area contributed by atoms with E-state index in [0.717, 1.165) is 23.1 Å². The summed E-state index contributed by atoms with van der Waals surface area (Å²) in [5.74, 6) is 0.119. The number of nitrogens with one attached hydrogen (secondary N) is 2. The lowest BCUT2D eigenvalue weighted by Crippen LogP contribution is -2.26. The zero-order valence-corrected chi connectivity index (χ0v) is 18.4. The van der Waals surface area contributed by atoms with E-state index >= 15 is 0 Å². The first-order valence-electron chi connectivity index (χ1n) is 10.4. The quantitative estimate of drug-likeness (QED) is 0.427. The number of para-hydroxylation sites is 2. The minimum Gasteiger partial charge on any atom is -0.345 e. The SMILES string of the molecule is CCc1ccc(NC(=O)Cn2c(CNC(=O)c3ccccc3Cl)nc3ccccc32)cc1.